The minimum Gasteiger partial charge on any atom is -0.406 e. The Labute approximate surface area is 186 Å². The van der Waals surface area contributed by atoms with Gasteiger partial charge in [-0.05, 0) is 35.6 Å². The molecule has 1 atom stereocenters. The van der Waals surface area contributed by atoms with E-state index in [2.05, 4.69) is 20.0 Å². The second kappa shape index (κ2) is 8.81. The minimum atomic E-state index is -4.74. The van der Waals surface area contributed by atoms with Gasteiger partial charge in [0.1, 0.15) is 5.75 Å². The maximum absolute atomic E-state index is 12.7. The van der Waals surface area contributed by atoms with Crippen LogP contribution in [0.25, 0.3) is 10.2 Å². The number of fused-ring (bicyclic) bond motifs is 1. The van der Waals surface area contributed by atoms with E-state index in [0.717, 1.165) is 22.5 Å². The highest BCUT2D eigenvalue weighted by Gasteiger charge is 2.31. The number of alkyl halides is 3. The molecule has 1 aliphatic rings. The van der Waals surface area contributed by atoms with Gasteiger partial charge in [-0.15, -0.1) is 24.5 Å². The van der Waals surface area contributed by atoms with Crippen LogP contribution in [0.4, 0.5) is 24.9 Å². The van der Waals surface area contributed by atoms with Crippen molar-refractivity contribution in [1.82, 2.24) is 14.9 Å². The summed E-state index contributed by atoms with van der Waals surface area (Å²) in [5, 5.41) is 5.31. The fraction of sp³-hybridized carbons (Fsp3) is 0.381. The highest BCUT2D eigenvalue weighted by Crippen LogP contribution is 2.29. The van der Waals surface area contributed by atoms with Gasteiger partial charge in [-0.3, -0.25) is 4.79 Å². The van der Waals surface area contributed by atoms with Gasteiger partial charge in [-0.25, -0.2) is 4.98 Å². The molecule has 1 aliphatic heterocycles. The van der Waals surface area contributed by atoms with Gasteiger partial charge in [0.05, 0.1) is 16.6 Å². The number of nitrogens with zero attached hydrogens (tertiary/aromatic N) is 4. The van der Waals surface area contributed by atoms with E-state index >= 15 is 0 Å². The zero-order chi connectivity index (χ0) is 22.9. The fourth-order valence-corrected chi connectivity index (χ4v) is 4.50. The summed E-state index contributed by atoms with van der Waals surface area (Å²) in [4.78, 5) is 25.6. The highest BCUT2D eigenvalue weighted by molar-refractivity contribution is 7.17. The molecule has 1 aromatic carbocycles. The predicted molar refractivity (Wildman–Crippen MR) is 117 cm³/mol. The predicted octanol–water partition coefficient (Wildman–Crippen LogP) is 3.91. The van der Waals surface area contributed by atoms with Crippen LogP contribution in [0.1, 0.15) is 12.0 Å². The van der Waals surface area contributed by atoms with E-state index in [4.69, 9.17) is 0 Å². The van der Waals surface area contributed by atoms with Crippen molar-refractivity contribution in [2.24, 2.45) is 0 Å². The van der Waals surface area contributed by atoms with Gasteiger partial charge < -0.3 is 19.9 Å². The molecule has 0 saturated carbocycles. The van der Waals surface area contributed by atoms with Crippen LogP contribution in [0, 0.1) is 0 Å². The number of carbonyl (C=O) groups excluding carboxylic acids is 1. The van der Waals surface area contributed by atoms with Gasteiger partial charge >= 0.3 is 6.36 Å². The van der Waals surface area contributed by atoms with Crippen molar-refractivity contribution >= 4 is 39.2 Å². The van der Waals surface area contributed by atoms with Crippen LogP contribution in [0.3, 0.4) is 0 Å². The van der Waals surface area contributed by atoms with E-state index in [-0.39, 0.29) is 24.1 Å². The molecule has 11 heteroatoms. The van der Waals surface area contributed by atoms with Crippen LogP contribution in [0.5, 0.6) is 5.75 Å². The Bertz CT molecular complexity index is 1100. The van der Waals surface area contributed by atoms with E-state index in [1.807, 2.05) is 30.4 Å². The third kappa shape index (κ3) is 5.21. The number of likely N-dealkylation sites (tertiary alicyclic amines) is 1. The Hall–Kier alpha value is -3.08. The third-order valence-electron chi connectivity index (χ3n) is 5.10. The molecule has 0 unspecified atom stereocenters. The first-order valence-corrected chi connectivity index (χ1v) is 10.9. The fourth-order valence-electron chi connectivity index (χ4n) is 3.60. The first kappa shape index (κ1) is 22.1. The molecule has 1 fully saturated rings. The SMILES string of the molecule is CN(C)c1nc(N[C@H]2CCN(C(=O)Cc3ccc(OC(F)(F)F)cc3)C2)nc2ccsc12. The molecule has 3 aromatic rings. The van der Waals surface area contributed by atoms with Crippen molar-refractivity contribution in [2.45, 2.75) is 25.2 Å². The zero-order valence-corrected chi connectivity index (χ0v) is 18.3. The average molecular weight is 466 g/mol. The maximum Gasteiger partial charge on any atom is 0.573 e. The number of benzene rings is 1. The monoisotopic (exact) mass is 465 g/mol. The van der Waals surface area contributed by atoms with E-state index in [9.17, 15) is 18.0 Å². The standard InChI is InChI=1S/C21H22F3N5O2S/c1-28(2)19-18-16(8-10-32-18)26-20(27-19)25-14-7-9-29(12-14)17(30)11-13-3-5-15(6-4-13)31-21(22,23)24/h3-6,8,10,14H,7,9,11-12H2,1-2H3,(H,25,26,27)/t14-/m0/s1. The van der Waals surface area contributed by atoms with Crippen LogP contribution < -0.4 is 15.0 Å². The number of aromatic nitrogens is 2. The number of nitrogens with one attached hydrogen (secondary N) is 1. The van der Waals surface area contributed by atoms with E-state index in [0.29, 0.717) is 24.6 Å². The average Bonchev–Trinajstić information content (AvgIpc) is 3.37. The normalized spacial score (nSPS) is 16.4. The lowest BCUT2D eigenvalue weighted by Crippen LogP contribution is -2.33. The Kier molecular flexibility index (Phi) is 6.09. The van der Waals surface area contributed by atoms with Gasteiger partial charge in [-0.2, -0.15) is 4.98 Å². The summed E-state index contributed by atoms with van der Waals surface area (Å²) in [5.74, 6) is 0.983. The highest BCUT2D eigenvalue weighted by atomic mass is 32.1. The lowest BCUT2D eigenvalue weighted by atomic mass is 10.1. The molecule has 1 amide bonds. The van der Waals surface area contributed by atoms with Crippen molar-refractivity contribution in [2.75, 3.05) is 37.4 Å². The minimum absolute atomic E-state index is 0.0209. The largest absolute Gasteiger partial charge is 0.573 e. The van der Waals surface area contributed by atoms with Crippen molar-refractivity contribution in [3.8, 4) is 5.75 Å². The molecular weight excluding hydrogens is 443 g/mol. The smallest absolute Gasteiger partial charge is 0.406 e. The van der Waals surface area contributed by atoms with Gasteiger partial charge in [0.15, 0.2) is 5.82 Å². The van der Waals surface area contributed by atoms with Crippen LogP contribution in [-0.2, 0) is 11.2 Å². The van der Waals surface area contributed by atoms with E-state index in [1.165, 1.54) is 24.3 Å². The van der Waals surface area contributed by atoms with Crippen molar-refractivity contribution in [1.29, 1.82) is 0 Å². The molecule has 7 nitrogen and oxygen atoms in total. The molecule has 1 N–H and O–H groups in total. The number of hydrogen-bond acceptors (Lipinski definition) is 7. The second-order valence-corrected chi connectivity index (χ2v) is 8.65. The molecule has 2 aromatic heterocycles. The molecule has 0 spiro atoms. The lowest BCUT2D eigenvalue weighted by Gasteiger charge is -2.18. The molecular formula is C21H22F3N5O2S. The number of thiophene rings is 1. The molecule has 170 valence electrons. The van der Waals surface area contributed by atoms with Crippen molar-refractivity contribution < 1.29 is 22.7 Å². The third-order valence-corrected chi connectivity index (χ3v) is 6.00. The first-order valence-electron chi connectivity index (χ1n) is 9.99. The summed E-state index contributed by atoms with van der Waals surface area (Å²) < 4.78 is 41.7. The number of carbonyl (C=O) groups is 1. The molecule has 4 rings (SSSR count). The zero-order valence-electron chi connectivity index (χ0n) is 17.5. The number of anilines is 2. The summed E-state index contributed by atoms with van der Waals surface area (Å²) in [7, 11) is 3.87. The van der Waals surface area contributed by atoms with Crippen LogP contribution in [-0.4, -0.2) is 60.4 Å². The van der Waals surface area contributed by atoms with Gasteiger partial charge in [-0.1, -0.05) is 12.1 Å². The van der Waals surface area contributed by atoms with Gasteiger partial charge in [0.2, 0.25) is 11.9 Å². The summed E-state index contributed by atoms with van der Waals surface area (Å²) in [5.41, 5.74) is 1.50. The topological polar surface area (TPSA) is 70.6 Å². The summed E-state index contributed by atoms with van der Waals surface area (Å²) >= 11 is 1.59. The molecule has 0 aliphatic carbocycles. The van der Waals surface area contributed by atoms with Crippen LogP contribution in [0.2, 0.25) is 0 Å². The number of halogens is 3. The summed E-state index contributed by atoms with van der Waals surface area (Å²) in [6.45, 7) is 1.10. The number of rotatable bonds is 6. The van der Waals surface area contributed by atoms with Gasteiger partial charge in [0, 0.05) is 33.2 Å². The van der Waals surface area contributed by atoms with E-state index < -0.39 is 6.36 Å². The molecule has 32 heavy (non-hydrogen) atoms. The number of ether oxygens (including phenoxy) is 1. The Morgan fingerprint density at radius 3 is 2.69 bits per heavy atom. The summed E-state index contributed by atoms with van der Waals surface area (Å²) in [6.07, 6.45) is -3.87. The molecule has 0 radical (unpaired) electrons. The summed E-state index contributed by atoms with van der Waals surface area (Å²) in [6, 6.07) is 7.34. The number of amides is 1. The Morgan fingerprint density at radius 1 is 1.25 bits per heavy atom. The van der Waals surface area contributed by atoms with Crippen LogP contribution in [0.15, 0.2) is 35.7 Å². The lowest BCUT2D eigenvalue weighted by molar-refractivity contribution is -0.274. The molecule has 0 bridgehead atoms. The Balaban J connectivity index is 1.35. The van der Waals surface area contributed by atoms with Crippen molar-refractivity contribution in [3.63, 3.8) is 0 Å². The van der Waals surface area contributed by atoms with E-state index in [1.54, 1.807) is 16.2 Å². The van der Waals surface area contributed by atoms with Crippen LogP contribution >= 0.6 is 11.3 Å². The maximum atomic E-state index is 12.7. The second-order valence-electron chi connectivity index (χ2n) is 7.74. The number of hydrogen-bond donors (Lipinski definition) is 1. The Morgan fingerprint density at radius 2 is 2.00 bits per heavy atom. The molecule has 1 saturated heterocycles. The quantitative estimate of drug-likeness (QED) is 0.595. The first-order chi connectivity index (χ1) is 15.2. The van der Waals surface area contributed by atoms with Crippen molar-refractivity contribution in [3.05, 3.63) is 41.3 Å². The van der Waals surface area contributed by atoms with Gasteiger partial charge in [0.25, 0.3) is 0 Å². The molecule has 3 heterocycles.